The molecule has 2 aliphatic rings. The highest BCUT2D eigenvalue weighted by Crippen LogP contribution is 2.28. The van der Waals surface area contributed by atoms with Gasteiger partial charge in [-0.15, -0.1) is 0 Å². The molecule has 1 aromatic rings. The third kappa shape index (κ3) is 3.65. The number of benzene rings is 1. The second kappa shape index (κ2) is 6.47. The minimum absolute atomic E-state index is 0.669. The van der Waals surface area contributed by atoms with Crippen LogP contribution in [-0.4, -0.2) is 36.2 Å². The second-order valence-electron chi connectivity index (χ2n) is 6.97. The van der Waals surface area contributed by atoms with Crippen LogP contribution < -0.4 is 5.32 Å². The van der Waals surface area contributed by atoms with E-state index in [1.807, 2.05) is 0 Å². The molecule has 21 heavy (non-hydrogen) atoms. The highest BCUT2D eigenvalue weighted by molar-refractivity contribution is 5.28. The van der Waals surface area contributed by atoms with Crippen molar-refractivity contribution in [2.24, 2.45) is 5.92 Å². The first-order valence-corrected chi connectivity index (χ1v) is 8.41. The predicted octanol–water partition coefficient (Wildman–Crippen LogP) is 2.49. The van der Waals surface area contributed by atoms with Crippen LogP contribution in [0.4, 0.5) is 0 Å². The second-order valence-corrected chi connectivity index (χ2v) is 6.97. The van der Waals surface area contributed by atoms with Crippen molar-refractivity contribution >= 4 is 0 Å². The highest BCUT2D eigenvalue weighted by Gasteiger charge is 2.30. The lowest BCUT2D eigenvalue weighted by molar-refractivity contribution is 0.0123. The molecule has 2 N–H and O–H groups in total. The van der Waals surface area contributed by atoms with Gasteiger partial charge in [0.15, 0.2) is 0 Å². The molecule has 0 amide bonds. The number of nitrogens with zero attached hydrogens (tertiary/aromatic N) is 1. The van der Waals surface area contributed by atoms with E-state index < -0.39 is 5.60 Å². The van der Waals surface area contributed by atoms with Crippen molar-refractivity contribution in [3.8, 4) is 0 Å². The van der Waals surface area contributed by atoms with Gasteiger partial charge < -0.3 is 10.4 Å². The molecular formula is C18H28N2O. The fourth-order valence-corrected chi connectivity index (χ4v) is 3.53. The van der Waals surface area contributed by atoms with Crippen molar-refractivity contribution in [2.75, 3.05) is 26.2 Å². The van der Waals surface area contributed by atoms with Gasteiger partial charge in [-0.25, -0.2) is 0 Å². The van der Waals surface area contributed by atoms with Crippen LogP contribution in [0.5, 0.6) is 0 Å². The first-order valence-electron chi connectivity index (χ1n) is 8.41. The average molecular weight is 288 g/mol. The number of piperidine rings is 2. The summed E-state index contributed by atoms with van der Waals surface area (Å²) in [6.07, 6.45) is 4.56. The molecule has 0 aromatic heterocycles. The van der Waals surface area contributed by atoms with Crippen LogP contribution in [0, 0.1) is 5.92 Å². The van der Waals surface area contributed by atoms with Gasteiger partial charge in [-0.1, -0.05) is 31.2 Å². The van der Waals surface area contributed by atoms with Crippen LogP contribution in [0.25, 0.3) is 0 Å². The number of likely N-dealkylation sites (tertiary alicyclic amines) is 1. The van der Waals surface area contributed by atoms with Crippen molar-refractivity contribution in [3.05, 3.63) is 35.4 Å². The third-order valence-corrected chi connectivity index (χ3v) is 5.14. The maximum Gasteiger partial charge on any atom is 0.102 e. The smallest absolute Gasteiger partial charge is 0.102 e. The molecule has 0 radical (unpaired) electrons. The van der Waals surface area contributed by atoms with Crippen LogP contribution in [0.15, 0.2) is 24.3 Å². The minimum atomic E-state index is -0.669. The summed E-state index contributed by atoms with van der Waals surface area (Å²) in [7, 11) is 0. The Bertz CT molecular complexity index is 443. The molecule has 2 fully saturated rings. The Labute approximate surface area is 128 Å². The molecular weight excluding hydrogens is 260 g/mol. The summed E-state index contributed by atoms with van der Waals surface area (Å²) in [5, 5.41) is 14.0. The van der Waals surface area contributed by atoms with Crippen molar-refractivity contribution in [3.63, 3.8) is 0 Å². The fourth-order valence-electron chi connectivity index (χ4n) is 3.53. The summed E-state index contributed by atoms with van der Waals surface area (Å²) >= 11 is 0. The van der Waals surface area contributed by atoms with E-state index in [0.717, 1.165) is 37.4 Å². The van der Waals surface area contributed by atoms with Gasteiger partial charge in [-0.05, 0) is 62.4 Å². The fraction of sp³-hybridized carbons (Fsp3) is 0.667. The summed E-state index contributed by atoms with van der Waals surface area (Å²) in [6, 6.07) is 8.63. The van der Waals surface area contributed by atoms with Crippen LogP contribution >= 0.6 is 0 Å². The van der Waals surface area contributed by atoms with E-state index in [-0.39, 0.29) is 0 Å². The van der Waals surface area contributed by atoms with E-state index in [9.17, 15) is 5.11 Å². The molecule has 0 saturated carbocycles. The molecule has 0 bridgehead atoms. The molecule has 2 saturated heterocycles. The van der Waals surface area contributed by atoms with Gasteiger partial charge in [-0.3, -0.25) is 4.90 Å². The van der Waals surface area contributed by atoms with E-state index in [2.05, 4.69) is 41.4 Å². The Balaban J connectivity index is 1.61. The van der Waals surface area contributed by atoms with E-state index >= 15 is 0 Å². The summed E-state index contributed by atoms with van der Waals surface area (Å²) in [6.45, 7) is 7.53. The maximum atomic E-state index is 10.7. The van der Waals surface area contributed by atoms with E-state index in [1.54, 1.807) is 0 Å². The maximum absolute atomic E-state index is 10.7. The van der Waals surface area contributed by atoms with Crippen molar-refractivity contribution in [2.45, 2.75) is 44.8 Å². The van der Waals surface area contributed by atoms with E-state index in [4.69, 9.17) is 0 Å². The van der Waals surface area contributed by atoms with Crippen LogP contribution in [0.2, 0.25) is 0 Å². The van der Waals surface area contributed by atoms with Gasteiger partial charge in [0.05, 0.1) is 0 Å². The molecule has 2 heterocycles. The number of hydrogen-bond acceptors (Lipinski definition) is 3. The molecule has 0 aliphatic carbocycles. The van der Waals surface area contributed by atoms with Gasteiger partial charge in [0, 0.05) is 13.1 Å². The first kappa shape index (κ1) is 15.0. The Kier molecular flexibility index (Phi) is 4.63. The number of β-amino-alcohol motifs (C(OH)–C–C–N with tert-alkyl or cyclic N) is 1. The molecule has 0 spiro atoms. The lowest BCUT2D eigenvalue weighted by Crippen LogP contribution is -2.43. The van der Waals surface area contributed by atoms with Gasteiger partial charge in [-0.2, -0.15) is 0 Å². The number of aliphatic hydroxyl groups is 1. The molecule has 3 rings (SSSR count). The van der Waals surface area contributed by atoms with E-state index in [1.165, 1.54) is 31.5 Å². The zero-order chi connectivity index (χ0) is 14.7. The molecule has 1 aromatic carbocycles. The van der Waals surface area contributed by atoms with Crippen molar-refractivity contribution < 1.29 is 5.11 Å². The Hall–Kier alpha value is -0.900. The Morgan fingerprint density at radius 1 is 1.24 bits per heavy atom. The Morgan fingerprint density at radius 3 is 2.57 bits per heavy atom. The summed E-state index contributed by atoms with van der Waals surface area (Å²) in [5.74, 6) is 0.886. The van der Waals surface area contributed by atoms with Gasteiger partial charge in [0.1, 0.15) is 5.60 Å². The first-order chi connectivity index (χ1) is 10.2. The van der Waals surface area contributed by atoms with Crippen LogP contribution in [0.1, 0.15) is 43.7 Å². The highest BCUT2D eigenvalue weighted by atomic mass is 16.3. The summed E-state index contributed by atoms with van der Waals surface area (Å²) in [4.78, 5) is 2.55. The molecule has 1 unspecified atom stereocenters. The zero-order valence-electron chi connectivity index (χ0n) is 13.1. The zero-order valence-corrected chi connectivity index (χ0v) is 13.1. The SMILES string of the molecule is CC1CCN(Cc2ccc(C3(O)CCCNC3)cc2)CC1. The molecule has 116 valence electrons. The van der Waals surface area contributed by atoms with Crippen molar-refractivity contribution in [1.29, 1.82) is 0 Å². The van der Waals surface area contributed by atoms with Gasteiger partial charge >= 0.3 is 0 Å². The lowest BCUT2D eigenvalue weighted by Gasteiger charge is -2.33. The quantitative estimate of drug-likeness (QED) is 0.897. The molecule has 3 nitrogen and oxygen atoms in total. The summed E-state index contributed by atoms with van der Waals surface area (Å²) < 4.78 is 0. The molecule has 3 heteroatoms. The van der Waals surface area contributed by atoms with E-state index in [0.29, 0.717) is 6.54 Å². The summed E-state index contributed by atoms with van der Waals surface area (Å²) in [5.41, 5.74) is 1.75. The number of nitrogens with one attached hydrogen (secondary N) is 1. The predicted molar refractivity (Wildman–Crippen MR) is 86.1 cm³/mol. The normalized spacial score (nSPS) is 28.7. The monoisotopic (exact) mass is 288 g/mol. The topological polar surface area (TPSA) is 35.5 Å². The minimum Gasteiger partial charge on any atom is -0.384 e. The molecule has 1 atom stereocenters. The van der Waals surface area contributed by atoms with Crippen LogP contribution in [-0.2, 0) is 12.1 Å². The molecule has 2 aliphatic heterocycles. The third-order valence-electron chi connectivity index (χ3n) is 5.14. The average Bonchev–Trinajstić information content (AvgIpc) is 2.51. The van der Waals surface area contributed by atoms with Gasteiger partial charge in [0.2, 0.25) is 0 Å². The largest absolute Gasteiger partial charge is 0.384 e. The van der Waals surface area contributed by atoms with Crippen LogP contribution in [0.3, 0.4) is 0 Å². The van der Waals surface area contributed by atoms with Crippen molar-refractivity contribution in [1.82, 2.24) is 10.2 Å². The number of rotatable bonds is 3. The lowest BCUT2D eigenvalue weighted by atomic mass is 9.86. The Morgan fingerprint density at radius 2 is 1.95 bits per heavy atom. The standard InChI is InChI=1S/C18H28N2O/c1-15-7-11-20(12-8-15)13-16-3-5-17(6-4-16)18(21)9-2-10-19-14-18/h3-6,15,19,21H,2,7-14H2,1H3. The van der Waals surface area contributed by atoms with Gasteiger partial charge in [0.25, 0.3) is 0 Å². The number of hydrogen-bond donors (Lipinski definition) is 2.